The molecule has 1 saturated carbocycles. The van der Waals surface area contributed by atoms with Crippen molar-refractivity contribution in [2.75, 3.05) is 5.32 Å². The first-order valence-electron chi connectivity index (χ1n) is 10.1. The monoisotopic (exact) mass is 482 g/mol. The molecule has 172 valence electrons. The second-order valence-corrected chi connectivity index (χ2v) is 7.96. The van der Waals surface area contributed by atoms with Gasteiger partial charge in [0.1, 0.15) is 17.2 Å². The molecular formula is C22H15ClN4O7. The van der Waals surface area contributed by atoms with E-state index in [9.17, 15) is 14.7 Å². The third-order valence-corrected chi connectivity index (χ3v) is 5.61. The second kappa shape index (κ2) is 8.24. The number of carbonyl (C=O) groups is 2. The molecule has 1 fully saturated rings. The Morgan fingerprint density at radius 1 is 1.21 bits per heavy atom. The zero-order chi connectivity index (χ0) is 23.9. The number of fused-ring (bicyclic) bond motifs is 1. The summed E-state index contributed by atoms with van der Waals surface area (Å²) in [6.07, 6.45) is 0.801. The minimum atomic E-state index is -1.10. The predicted molar refractivity (Wildman–Crippen MR) is 115 cm³/mol. The maximum Gasteiger partial charge on any atom is 0.412 e. The first-order valence-corrected chi connectivity index (χ1v) is 10.4. The SMILES string of the molecule is CC(OC(=O)Nc1cnoc1C#Cc1nc2oc(C3(C(=O)O)CC3)nc2o1)c1ccccc1Cl. The van der Waals surface area contributed by atoms with E-state index in [0.29, 0.717) is 23.4 Å². The lowest BCUT2D eigenvalue weighted by Gasteiger charge is -2.14. The van der Waals surface area contributed by atoms with Crippen LogP contribution in [0.25, 0.3) is 11.4 Å². The Labute approximate surface area is 196 Å². The molecule has 0 aliphatic heterocycles. The van der Waals surface area contributed by atoms with Crippen LogP contribution in [0.3, 0.4) is 0 Å². The predicted octanol–water partition coefficient (Wildman–Crippen LogP) is 4.28. The van der Waals surface area contributed by atoms with Gasteiger partial charge in [-0.15, -0.1) is 0 Å². The number of oxazole rings is 2. The van der Waals surface area contributed by atoms with E-state index in [1.54, 1.807) is 31.2 Å². The molecule has 0 bridgehead atoms. The van der Waals surface area contributed by atoms with Crippen molar-refractivity contribution in [1.82, 2.24) is 15.1 Å². The molecule has 3 aromatic heterocycles. The summed E-state index contributed by atoms with van der Waals surface area (Å²) in [4.78, 5) is 31.8. The molecule has 5 rings (SSSR count). The van der Waals surface area contributed by atoms with Crippen molar-refractivity contribution in [1.29, 1.82) is 0 Å². The van der Waals surface area contributed by atoms with Gasteiger partial charge >= 0.3 is 12.1 Å². The number of carboxylic acids is 1. The minimum Gasteiger partial charge on any atom is -0.480 e. The summed E-state index contributed by atoms with van der Waals surface area (Å²) in [6.45, 7) is 1.69. The highest BCUT2D eigenvalue weighted by Gasteiger charge is 2.56. The Hall–Kier alpha value is -4.30. The average Bonchev–Trinajstić information content (AvgIpc) is 3.12. The van der Waals surface area contributed by atoms with Gasteiger partial charge in [-0.2, -0.15) is 9.97 Å². The first-order chi connectivity index (χ1) is 16.4. The number of aliphatic carboxylic acids is 1. The molecule has 12 heteroatoms. The van der Waals surface area contributed by atoms with E-state index in [0.717, 1.165) is 0 Å². The van der Waals surface area contributed by atoms with E-state index in [4.69, 9.17) is 29.7 Å². The van der Waals surface area contributed by atoms with Crippen molar-refractivity contribution in [3.8, 4) is 11.8 Å². The molecule has 1 aliphatic rings. The normalized spacial score (nSPS) is 14.8. The highest BCUT2D eigenvalue weighted by Crippen LogP contribution is 2.48. The van der Waals surface area contributed by atoms with Crippen molar-refractivity contribution in [3.05, 3.63) is 58.6 Å². The van der Waals surface area contributed by atoms with Crippen molar-refractivity contribution >= 4 is 40.8 Å². The second-order valence-electron chi connectivity index (χ2n) is 7.55. The number of nitrogens with one attached hydrogen (secondary N) is 1. The minimum absolute atomic E-state index is 0.0358. The number of carbonyl (C=O) groups excluding carboxylic acids is 1. The lowest BCUT2D eigenvalue weighted by atomic mass is 10.1. The molecule has 3 heterocycles. The molecule has 1 unspecified atom stereocenters. The van der Waals surface area contributed by atoms with Crippen LogP contribution in [0.4, 0.5) is 10.5 Å². The van der Waals surface area contributed by atoms with Crippen molar-refractivity contribution in [2.24, 2.45) is 0 Å². The summed E-state index contributed by atoms with van der Waals surface area (Å²) >= 11 is 6.13. The third kappa shape index (κ3) is 3.95. The number of carboxylic acid groups (broad SMARTS) is 1. The van der Waals surface area contributed by atoms with Crippen LogP contribution in [0.15, 0.2) is 43.8 Å². The van der Waals surface area contributed by atoms with Gasteiger partial charge in [-0.25, -0.2) is 4.79 Å². The van der Waals surface area contributed by atoms with Gasteiger partial charge in [0.25, 0.3) is 17.3 Å². The van der Waals surface area contributed by atoms with E-state index in [-0.39, 0.29) is 34.7 Å². The number of ether oxygens (including phenoxy) is 1. The molecule has 2 N–H and O–H groups in total. The standard InChI is InChI=1S/C22H15ClN4O7/c1-11(12-4-2-3-5-13(12)23)31-21(30)25-14-10-24-34-15(14)6-7-16-26-17-18(32-16)27-19(33-17)22(8-9-22)20(28)29/h2-5,10-11H,8-9H2,1H3,(H,25,30)(H,28,29). The number of hydrogen-bond acceptors (Lipinski definition) is 9. The van der Waals surface area contributed by atoms with Gasteiger partial charge in [-0.3, -0.25) is 10.1 Å². The fourth-order valence-electron chi connectivity index (χ4n) is 3.24. The summed E-state index contributed by atoms with van der Waals surface area (Å²) in [5.74, 6) is 4.33. The Morgan fingerprint density at radius 2 is 1.97 bits per heavy atom. The summed E-state index contributed by atoms with van der Waals surface area (Å²) in [6, 6.07) is 7.03. The molecule has 0 spiro atoms. The molecular weight excluding hydrogens is 468 g/mol. The van der Waals surface area contributed by atoms with Gasteiger partial charge in [0, 0.05) is 16.5 Å². The highest BCUT2D eigenvalue weighted by molar-refractivity contribution is 6.31. The smallest absolute Gasteiger partial charge is 0.412 e. The molecule has 1 aliphatic carbocycles. The van der Waals surface area contributed by atoms with E-state index in [1.165, 1.54) is 6.20 Å². The number of nitrogens with zero attached hydrogens (tertiary/aromatic N) is 3. The fraction of sp³-hybridized carbons (Fsp3) is 0.227. The van der Waals surface area contributed by atoms with Gasteiger partial charge < -0.3 is 23.2 Å². The molecule has 0 radical (unpaired) electrons. The number of amides is 1. The Kier molecular flexibility index (Phi) is 5.22. The highest BCUT2D eigenvalue weighted by atomic mass is 35.5. The van der Waals surface area contributed by atoms with Crippen LogP contribution in [-0.2, 0) is 14.9 Å². The van der Waals surface area contributed by atoms with Crippen molar-refractivity contribution in [2.45, 2.75) is 31.3 Å². The van der Waals surface area contributed by atoms with Crippen LogP contribution in [-0.4, -0.2) is 32.3 Å². The Morgan fingerprint density at radius 3 is 2.68 bits per heavy atom. The number of benzene rings is 1. The van der Waals surface area contributed by atoms with Crippen LogP contribution < -0.4 is 5.32 Å². The van der Waals surface area contributed by atoms with Gasteiger partial charge in [-0.1, -0.05) is 35.0 Å². The van der Waals surface area contributed by atoms with Gasteiger partial charge in [0.2, 0.25) is 11.7 Å². The van der Waals surface area contributed by atoms with Crippen molar-refractivity contribution < 1.29 is 32.8 Å². The fourth-order valence-corrected chi connectivity index (χ4v) is 3.53. The molecule has 4 aromatic rings. The number of anilines is 1. The molecule has 1 amide bonds. The quantitative estimate of drug-likeness (QED) is 0.394. The lowest BCUT2D eigenvalue weighted by Crippen LogP contribution is -2.19. The third-order valence-electron chi connectivity index (χ3n) is 5.26. The maximum absolute atomic E-state index is 12.3. The van der Waals surface area contributed by atoms with Crippen LogP contribution in [0.1, 0.15) is 49.0 Å². The molecule has 34 heavy (non-hydrogen) atoms. The Balaban J connectivity index is 1.27. The van der Waals surface area contributed by atoms with E-state index in [1.807, 2.05) is 0 Å². The van der Waals surface area contributed by atoms with Gasteiger partial charge in [-0.05, 0) is 31.8 Å². The lowest BCUT2D eigenvalue weighted by molar-refractivity contribution is -0.140. The molecule has 11 nitrogen and oxygen atoms in total. The number of hydrogen-bond donors (Lipinski definition) is 2. The van der Waals surface area contributed by atoms with Crippen LogP contribution in [0.2, 0.25) is 5.02 Å². The topological polar surface area (TPSA) is 154 Å². The van der Waals surface area contributed by atoms with Crippen LogP contribution in [0, 0.1) is 11.8 Å². The first kappa shape index (κ1) is 21.5. The summed E-state index contributed by atoms with van der Waals surface area (Å²) in [5, 5.41) is 16.0. The number of rotatable bonds is 5. The number of halogens is 1. The largest absolute Gasteiger partial charge is 0.480 e. The molecule has 0 saturated heterocycles. The van der Waals surface area contributed by atoms with Gasteiger partial charge in [0.05, 0.1) is 6.20 Å². The zero-order valence-corrected chi connectivity index (χ0v) is 18.3. The Bertz CT molecular complexity index is 1440. The molecule has 1 atom stereocenters. The van der Waals surface area contributed by atoms with Crippen LogP contribution >= 0.6 is 11.6 Å². The van der Waals surface area contributed by atoms with Crippen LogP contribution in [0.5, 0.6) is 0 Å². The average molecular weight is 483 g/mol. The summed E-state index contributed by atoms with van der Waals surface area (Å²) in [5.41, 5.74) is -0.185. The number of aromatic nitrogens is 3. The zero-order valence-electron chi connectivity index (χ0n) is 17.5. The van der Waals surface area contributed by atoms with Crippen molar-refractivity contribution in [3.63, 3.8) is 0 Å². The summed E-state index contributed by atoms with van der Waals surface area (Å²) in [7, 11) is 0. The maximum atomic E-state index is 12.3. The van der Waals surface area contributed by atoms with E-state index in [2.05, 4.69) is 32.3 Å². The van der Waals surface area contributed by atoms with Gasteiger partial charge in [0.15, 0.2) is 0 Å². The van der Waals surface area contributed by atoms with E-state index < -0.39 is 23.6 Å². The molecule has 1 aromatic carbocycles. The summed E-state index contributed by atoms with van der Waals surface area (Å²) < 4.78 is 21.3. The van der Waals surface area contributed by atoms with E-state index >= 15 is 0 Å².